The maximum Gasteiger partial charge on any atom is 0.170 e. The van der Waals surface area contributed by atoms with Gasteiger partial charge >= 0.3 is 0 Å². The monoisotopic (exact) mass is 366 g/mol. The lowest BCUT2D eigenvalue weighted by Crippen LogP contribution is -2.20. The van der Waals surface area contributed by atoms with E-state index in [4.69, 9.17) is 4.74 Å². The summed E-state index contributed by atoms with van der Waals surface area (Å²) < 4.78 is 6.85. The molecule has 3 nitrogen and oxygen atoms in total. The number of carbonyl (C=O) groups excluding carboxylic acids is 1. The first-order chi connectivity index (χ1) is 9.15. The number of benzene rings is 2. The van der Waals surface area contributed by atoms with Crippen LogP contribution < -0.4 is 4.74 Å². The number of para-hydroxylation sites is 1. The van der Waals surface area contributed by atoms with E-state index in [0.717, 1.165) is 3.57 Å². The van der Waals surface area contributed by atoms with E-state index < -0.39 is 6.10 Å². The van der Waals surface area contributed by atoms with E-state index in [-0.39, 0.29) is 18.0 Å². The van der Waals surface area contributed by atoms with Crippen molar-refractivity contribution in [1.29, 1.82) is 0 Å². The number of phenols is 1. The summed E-state index contributed by atoms with van der Waals surface area (Å²) in [5, 5.41) is 9.85. The Hall–Kier alpha value is -1.56. The molecule has 2 aromatic carbocycles. The van der Waals surface area contributed by atoms with Crippen LogP contribution in [0.4, 0.5) is 0 Å². The molecule has 1 aliphatic heterocycles. The van der Waals surface area contributed by atoms with Crippen molar-refractivity contribution in [2.45, 2.75) is 12.5 Å². The van der Waals surface area contributed by atoms with Crippen molar-refractivity contribution in [3.63, 3.8) is 0 Å². The van der Waals surface area contributed by atoms with Crippen LogP contribution in [0.3, 0.4) is 0 Å². The van der Waals surface area contributed by atoms with Crippen molar-refractivity contribution >= 4 is 28.4 Å². The fourth-order valence-corrected chi connectivity index (χ4v) is 2.72. The van der Waals surface area contributed by atoms with Crippen molar-refractivity contribution in [1.82, 2.24) is 0 Å². The number of hydrogen-bond acceptors (Lipinski definition) is 3. The normalized spacial score (nSPS) is 17.7. The zero-order chi connectivity index (χ0) is 13.4. The van der Waals surface area contributed by atoms with E-state index in [0.29, 0.717) is 16.9 Å². The van der Waals surface area contributed by atoms with Gasteiger partial charge in [0.15, 0.2) is 5.78 Å². The summed E-state index contributed by atoms with van der Waals surface area (Å²) in [6.45, 7) is 0. The summed E-state index contributed by atoms with van der Waals surface area (Å²) in [5.74, 6) is 0.798. The van der Waals surface area contributed by atoms with E-state index in [9.17, 15) is 9.90 Å². The Kier molecular flexibility index (Phi) is 3.18. The number of fused-ring (bicyclic) bond motifs is 1. The fraction of sp³-hybridized carbons (Fsp3) is 0.133. The molecule has 0 spiro atoms. The predicted molar refractivity (Wildman–Crippen MR) is 79.6 cm³/mol. The average Bonchev–Trinajstić information content (AvgIpc) is 2.40. The highest BCUT2D eigenvalue weighted by atomic mass is 127. The minimum absolute atomic E-state index is 0.0491. The van der Waals surface area contributed by atoms with Gasteiger partial charge in [0.2, 0.25) is 0 Å². The van der Waals surface area contributed by atoms with Crippen molar-refractivity contribution in [3.8, 4) is 11.5 Å². The molecule has 1 unspecified atom stereocenters. The number of halogens is 1. The number of ketones is 1. The molecule has 96 valence electrons. The van der Waals surface area contributed by atoms with Crippen LogP contribution in [0.5, 0.6) is 11.5 Å². The van der Waals surface area contributed by atoms with Crippen LogP contribution in [0, 0.1) is 3.57 Å². The smallest absolute Gasteiger partial charge is 0.170 e. The van der Waals surface area contributed by atoms with E-state index in [1.165, 1.54) is 0 Å². The third-order valence-electron chi connectivity index (χ3n) is 3.17. The largest absolute Gasteiger partial charge is 0.508 e. The number of phenolic OH excluding ortho intramolecular Hbond substituents is 1. The predicted octanol–water partition coefficient (Wildman–Crippen LogP) is 3.70. The second-order valence-corrected chi connectivity index (χ2v) is 5.68. The highest BCUT2D eigenvalue weighted by molar-refractivity contribution is 14.1. The summed E-state index contributed by atoms with van der Waals surface area (Å²) in [5.41, 5.74) is 1.28. The van der Waals surface area contributed by atoms with Crippen LogP contribution in [-0.4, -0.2) is 10.9 Å². The maximum atomic E-state index is 12.2. The number of hydrogen-bond donors (Lipinski definition) is 1. The molecule has 1 N–H and O–H groups in total. The Labute approximate surface area is 124 Å². The summed E-state index contributed by atoms with van der Waals surface area (Å²) in [6, 6.07) is 12.5. The SMILES string of the molecule is O=C1CC(c2ccccc2O)Oc2ccc(I)cc21. The molecule has 1 atom stereocenters. The van der Waals surface area contributed by atoms with Gasteiger partial charge in [-0.3, -0.25) is 4.79 Å². The molecule has 0 aromatic heterocycles. The molecule has 0 amide bonds. The van der Waals surface area contributed by atoms with Crippen molar-refractivity contribution < 1.29 is 14.6 Å². The minimum Gasteiger partial charge on any atom is -0.508 e. The molecule has 0 fully saturated rings. The zero-order valence-electron chi connectivity index (χ0n) is 9.97. The highest BCUT2D eigenvalue weighted by Gasteiger charge is 2.29. The van der Waals surface area contributed by atoms with E-state index >= 15 is 0 Å². The van der Waals surface area contributed by atoms with E-state index in [2.05, 4.69) is 22.6 Å². The van der Waals surface area contributed by atoms with Crippen LogP contribution in [-0.2, 0) is 0 Å². The molecule has 2 aromatic rings. The highest BCUT2D eigenvalue weighted by Crippen LogP contribution is 2.38. The topological polar surface area (TPSA) is 46.5 Å². The van der Waals surface area contributed by atoms with Crippen LogP contribution in [0.15, 0.2) is 42.5 Å². The molecular formula is C15H11IO3. The minimum atomic E-state index is -0.415. The summed E-state index contributed by atoms with van der Waals surface area (Å²) in [7, 11) is 0. The maximum absolute atomic E-state index is 12.2. The lowest BCUT2D eigenvalue weighted by atomic mass is 9.96. The van der Waals surface area contributed by atoms with Crippen LogP contribution in [0.2, 0.25) is 0 Å². The number of ether oxygens (including phenoxy) is 1. The third kappa shape index (κ3) is 2.32. The molecule has 19 heavy (non-hydrogen) atoms. The molecule has 0 radical (unpaired) electrons. The van der Waals surface area contributed by atoms with Gasteiger partial charge in [-0.05, 0) is 46.9 Å². The number of Topliss-reactive ketones (excluding diaryl/α,β-unsaturated/α-hetero) is 1. The Morgan fingerprint density at radius 3 is 2.79 bits per heavy atom. The van der Waals surface area contributed by atoms with Gasteiger partial charge in [0, 0.05) is 9.13 Å². The molecular weight excluding hydrogens is 355 g/mol. The molecule has 4 heteroatoms. The third-order valence-corrected chi connectivity index (χ3v) is 3.84. The number of aromatic hydroxyl groups is 1. The van der Waals surface area contributed by atoms with Crippen LogP contribution >= 0.6 is 22.6 Å². The standard InChI is InChI=1S/C15H11IO3/c16-9-5-6-14-11(7-9)13(18)8-15(19-14)10-3-1-2-4-12(10)17/h1-7,15,17H,8H2. The van der Waals surface area contributed by atoms with Crippen molar-refractivity contribution in [2.24, 2.45) is 0 Å². The van der Waals surface area contributed by atoms with Gasteiger partial charge in [0.05, 0.1) is 12.0 Å². The Morgan fingerprint density at radius 2 is 2.00 bits per heavy atom. The molecule has 1 aliphatic rings. The van der Waals surface area contributed by atoms with E-state index in [1.54, 1.807) is 24.3 Å². The van der Waals surface area contributed by atoms with Crippen LogP contribution in [0.25, 0.3) is 0 Å². The lowest BCUT2D eigenvalue weighted by molar-refractivity contribution is 0.0847. The summed E-state index contributed by atoms with van der Waals surface area (Å²) >= 11 is 2.17. The Bertz CT molecular complexity index is 652. The van der Waals surface area contributed by atoms with Crippen molar-refractivity contribution in [3.05, 3.63) is 57.2 Å². The lowest BCUT2D eigenvalue weighted by Gasteiger charge is -2.26. The van der Waals surface area contributed by atoms with Gasteiger partial charge in [-0.15, -0.1) is 0 Å². The fourth-order valence-electron chi connectivity index (χ4n) is 2.23. The molecule has 1 heterocycles. The van der Waals surface area contributed by atoms with E-state index in [1.807, 2.05) is 18.2 Å². The van der Waals surface area contributed by atoms with Gasteiger partial charge in [-0.1, -0.05) is 18.2 Å². The molecule has 0 aliphatic carbocycles. The quantitative estimate of drug-likeness (QED) is 0.783. The van der Waals surface area contributed by atoms with Crippen LogP contribution in [0.1, 0.15) is 28.4 Å². The number of carbonyl (C=O) groups is 1. The second-order valence-electron chi connectivity index (χ2n) is 4.43. The first-order valence-electron chi connectivity index (χ1n) is 5.92. The molecule has 3 rings (SSSR count). The van der Waals surface area contributed by atoms with Gasteiger partial charge in [-0.25, -0.2) is 0 Å². The zero-order valence-corrected chi connectivity index (χ0v) is 12.1. The molecule has 0 bridgehead atoms. The summed E-state index contributed by atoms with van der Waals surface area (Å²) in [4.78, 5) is 12.2. The number of rotatable bonds is 1. The molecule has 0 saturated carbocycles. The van der Waals surface area contributed by atoms with Crippen molar-refractivity contribution in [2.75, 3.05) is 0 Å². The van der Waals surface area contributed by atoms with Gasteiger partial charge in [0.1, 0.15) is 17.6 Å². The van der Waals surface area contributed by atoms with Gasteiger partial charge in [0.25, 0.3) is 0 Å². The van der Waals surface area contributed by atoms with Gasteiger partial charge in [-0.2, -0.15) is 0 Å². The average molecular weight is 366 g/mol. The Balaban J connectivity index is 2.00. The van der Waals surface area contributed by atoms with Gasteiger partial charge < -0.3 is 9.84 Å². The second kappa shape index (κ2) is 4.85. The Morgan fingerprint density at radius 1 is 1.21 bits per heavy atom. The molecule has 0 saturated heterocycles. The first kappa shape index (κ1) is 12.5. The summed E-state index contributed by atoms with van der Waals surface area (Å²) in [6.07, 6.45) is -0.161. The first-order valence-corrected chi connectivity index (χ1v) is 7.00.